The first-order valence-electron chi connectivity index (χ1n) is 9.74. The van der Waals surface area contributed by atoms with Gasteiger partial charge in [-0.3, -0.25) is 9.69 Å². The predicted molar refractivity (Wildman–Crippen MR) is 109 cm³/mol. The normalized spacial score (nSPS) is 19.5. The molecule has 1 aliphatic heterocycles. The summed E-state index contributed by atoms with van der Waals surface area (Å²) in [6.45, 7) is 13.7. The van der Waals surface area contributed by atoms with Crippen molar-refractivity contribution in [3.8, 4) is 0 Å². The Morgan fingerprint density at radius 1 is 1.29 bits per heavy atom. The first kappa shape index (κ1) is 22.0. The van der Waals surface area contributed by atoms with Crippen molar-refractivity contribution in [1.82, 2.24) is 10.2 Å². The maximum atomic E-state index is 13.0. The fourth-order valence-corrected chi connectivity index (χ4v) is 3.62. The van der Waals surface area contributed by atoms with Gasteiger partial charge < -0.3 is 14.8 Å². The van der Waals surface area contributed by atoms with Crippen molar-refractivity contribution in [2.24, 2.45) is 0 Å². The molecular formula is C22H32N2O4. The number of nitrogens with one attached hydrogen (secondary N) is 1. The average molecular weight is 389 g/mol. The van der Waals surface area contributed by atoms with E-state index in [1.807, 2.05) is 52.8 Å². The van der Waals surface area contributed by atoms with Crippen molar-refractivity contribution in [2.75, 3.05) is 6.61 Å². The highest BCUT2D eigenvalue weighted by atomic mass is 16.6. The second-order valence-corrected chi connectivity index (χ2v) is 8.18. The van der Waals surface area contributed by atoms with Gasteiger partial charge in [0.05, 0.1) is 18.2 Å². The number of ether oxygens (including phenoxy) is 2. The third-order valence-electron chi connectivity index (χ3n) is 5.00. The second-order valence-electron chi connectivity index (χ2n) is 8.18. The zero-order valence-corrected chi connectivity index (χ0v) is 17.5. The molecule has 2 amide bonds. The summed E-state index contributed by atoms with van der Waals surface area (Å²) in [5.74, 6) is -0.192. The van der Waals surface area contributed by atoms with Crippen LogP contribution in [-0.2, 0) is 9.47 Å². The van der Waals surface area contributed by atoms with Crippen LogP contribution in [0.15, 0.2) is 43.0 Å². The summed E-state index contributed by atoms with van der Waals surface area (Å²) in [7, 11) is 0. The molecule has 1 fully saturated rings. The number of benzene rings is 1. The van der Waals surface area contributed by atoms with Gasteiger partial charge >= 0.3 is 6.09 Å². The minimum atomic E-state index is -0.756. The number of carbonyl (C=O) groups is 2. The van der Waals surface area contributed by atoms with Crippen molar-refractivity contribution in [3.63, 3.8) is 0 Å². The van der Waals surface area contributed by atoms with Gasteiger partial charge in [-0.05, 0) is 46.2 Å². The van der Waals surface area contributed by atoms with Crippen LogP contribution in [0.4, 0.5) is 4.79 Å². The Morgan fingerprint density at radius 2 is 1.93 bits per heavy atom. The summed E-state index contributed by atoms with van der Waals surface area (Å²) in [4.78, 5) is 27.2. The van der Waals surface area contributed by atoms with Gasteiger partial charge in [0.1, 0.15) is 11.8 Å². The molecule has 1 N–H and O–H groups in total. The molecule has 6 nitrogen and oxygen atoms in total. The monoisotopic (exact) mass is 388 g/mol. The Morgan fingerprint density at radius 3 is 2.43 bits per heavy atom. The highest BCUT2D eigenvalue weighted by Gasteiger charge is 2.50. The molecule has 0 radical (unpaired) electrons. The van der Waals surface area contributed by atoms with Crippen molar-refractivity contribution in [1.29, 1.82) is 0 Å². The number of hydrogen-bond donors (Lipinski definition) is 1. The minimum absolute atomic E-state index is 0.192. The lowest BCUT2D eigenvalue weighted by Gasteiger charge is -2.38. The van der Waals surface area contributed by atoms with E-state index in [0.29, 0.717) is 25.0 Å². The Labute approximate surface area is 167 Å². The first-order valence-corrected chi connectivity index (χ1v) is 9.74. The Bertz CT molecular complexity index is 684. The molecule has 0 aromatic heterocycles. The molecule has 2 rings (SSSR count). The second kappa shape index (κ2) is 8.78. The highest BCUT2D eigenvalue weighted by Crippen LogP contribution is 2.35. The van der Waals surface area contributed by atoms with Crippen LogP contribution in [0, 0.1) is 0 Å². The molecule has 6 heteroatoms. The van der Waals surface area contributed by atoms with Gasteiger partial charge in [-0.25, -0.2) is 4.79 Å². The van der Waals surface area contributed by atoms with Crippen molar-refractivity contribution in [2.45, 2.75) is 70.9 Å². The van der Waals surface area contributed by atoms with Crippen LogP contribution in [-0.4, -0.2) is 46.9 Å². The minimum Gasteiger partial charge on any atom is -0.444 e. The zero-order valence-electron chi connectivity index (χ0n) is 17.5. The number of amides is 2. The van der Waals surface area contributed by atoms with Crippen molar-refractivity contribution < 1.29 is 19.1 Å². The van der Waals surface area contributed by atoms with Gasteiger partial charge in [0, 0.05) is 12.0 Å². The standard InChI is InChI=1S/C22H32N2O4/c1-7-12-18(17(8-2)23-19(25)16-13-10-9-11-14-16)28-20(26)24-21(3,4)15-27-22(24,5)6/h7,9-11,13-14,17-18H,1,8,12,15H2,2-6H3,(H,23,25)/t17-,18-/m1/s1. The number of nitrogens with zero attached hydrogens (tertiary/aromatic N) is 1. The Hall–Kier alpha value is -2.34. The Kier molecular flexibility index (Phi) is 6.88. The molecule has 28 heavy (non-hydrogen) atoms. The summed E-state index contributed by atoms with van der Waals surface area (Å²) in [6, 6.07) is 8.66. The van der Waals surface area contributed by atoms with Gasteiger partial charge in [0.15, 0.2) is 0 Å². The van der Waals surface area contributed by atoms with Gasteiger partial charge in [-0.15, -0.1) is 6.58 Å². The molecule has 0 spiro atoms. The van der Waals surface area contributed by atoms with Crippen LogP contribution >= 0.6 is 0 Å². The van der Waals surface area contributed by atoms with Crippen LogP contribution in [0.5, 0.6) is 0 Å². The van der Waals surface area contributed by atoms with E-state index in [2.05, 4.69) is 11.9 Å². The van der Waals surface area contributed by atoms with E-state index in [1.165, 1.54) is 0 Å². The third-order valence-corrected chi connectivity index (χ3v) is 5.00. The van der Waals surface area contributed by atoms with Crippen LogP contribution < -0.4 is 5.32 Å². The van der Waals surface area contributed by atoms with Crippen LogP contribution in [0.3, 0.4) is 0 Å². The van der Waals surface area contributed by atoms with Crippen molar-refractivity contribution >= 4 is 12.0 Å². The van der Waals surface area contributed by atoms with Crippen LogP contribution in [0.25, 0.3) is 0 Å². The molecule has 2 atom stereocenters. The molecule has 1 heterocycles. The van der Waals surface area contributed by atoms with Crippen LogP contribution in [0.1, 0.15) is 57.8 Å². The lowest BCUT2D eigenvalue weighted by atomic mass is 10.0. The number of hydrogen-bond acceptors (Lipinski definition) is 4. The zero-order chi connectivity index (χ0) is 20.9. The Balaban J connectivity index is 2.15. The van der Waals surface area contributed by atoms with Gasteiger partial charge in [0.25, 0.3) is 5.91 Å². The smallest absolute Gasteiger partial charge is 0.412 e. The summed E-state index contributed by atoms with van der Waals surface area (Å²) >= 11 is 0. The fourth-order valence-electron chi connectivity index (χ4n) is 3.62. The largest absolute Gasteiger partial charge is 0.444 e. The van der Waals surface area contributed by atoms with Gasteiger partial charge in [0.2, 0.25) is 0 Å². The molecular weight excluding hydrogens is 356 g/mol. The van der Waals surface area contributed by atoms with E-state index in [-0.39, 0.29) is 11.9 Å². The predicted octanol–water partition coefficient (Wildman–Crippen LogP) is 4.12. The lowest BCUT2D eigenvalue weighted by molar-refractivity contribution is -0.0608. The third kappa shape index (κ3) is 4.93. The number of carbonyl (C=O) groups excluding carboxylic acids is 2. The highest BCUT2D eigenvalue weighted by molar-refractivity contribution is 5.94. The SMILES string of the molecule is C=CC[C@@H](OC(=O)N1C(C)(C)COC1(C)C)[C@@H](CC)NC(=O)c1ccccc1. The number of rotatable bonds is 7. The summed E-state index contributed by atoms with van der Waals surface area (Å²) in [5, 5.41) is 2.99. The molecule has 1 aliphatic rings. The molecule has 0 saturated carbocycles. The van der Waals surface area contributed by atoms with Crippen LogP contribution in [0.2, 0.25) is 0 Å². The molecule has 1 aromatic carbocycles. The van der Waals surface area contributed by atoms with E-state index in [4.69, 9.17) is 9.47 Å². The maximum Gasteiger partial charge on any atom is 0.412 e. The van der Waals surface area contributed by atoms with Crippen molar-refractivity contribution in [3.05, 3.63) is 48.6 Å². The van der Waals surface area contributed by atoms with E-state index in [0.717, 1.165) is 0 Å². The topological polar surface area (TPSA) is 67.9 Å². The molecule has 0 bridgehead atoms. The maximum absolute atomic E-state index is 13.0. The average Bonchev–Trinajstić information content (AvgIpc) is 2.87. The van der Waals surface area contributed by atoms with E-state index < -0.39 is 23.5 Å². The fraction of sp³-hybridized carbons (Fsp3) is 0.545. The van der Waals surface area contributed by atoms with Gasteiger partial charge in [-0.1, -0.05) is 31.2 Å². The summed E-state index contributed by atoms with van der Waals surface area (Å²) < 4.78 is 11.6. The van der Waals surface area contributed by atoms with E-state index in [9.17, 15) is 9.59 Å². The van der Waals surface area contributed by atoms with Gasteiger partial charge in [-0.2, -0.15) is 0 Å². The molecule has 0 unspecified atom stereocenters. The molecule has 0 aliphatic carbocycles. The molecule has 154 valence electrons. The van der Waals surface area contributed by atoms with E-state index >= 15 is 0 Å². The lowest BCUT2D eigenvalue weighted by Crippen LogP contribution is -2.55. The molecule has 1 aromatic rings. The quantitative estimate of drug-likeness (QED) is 0.714. The first-order chi connectivity index (χ1) is 13.1. The molecule has 1 saturated heterocycles. The van der Waals surface area contributed by atoms with E-state index in [1.54, 1.807) is 23.1 Å². The summed E-state index contributed by atoms with van der Waals surface area (Å²) in [6.07, 6.45) is 1.79. The summed E-state index contributed by atoms with van der Waals surface area (Å²) in [5.41, 5.74) is -0.664.